The molecule has 0 bridgehead atoms. The largest absolute Gasteiger partial charge is 0.309 e. The Morgan fingerprint density at radius 3 is 1.84 bits per heavy atom. The predicted molar refractivity (Wildman–Crippen MR) is 190 cm³/mol. The van der Waals surface area contributed by atoms with E-state index in [-0.39, 0.29) is 5.41 Å². The van der Waals surface area contributed by atoms with Crippen molar-refractivity contribution in [1.82, 2.24) is 9.13 Å². The topological polar surface area (TPSA) is 9.86 Å². The lowest BCUT2D eigenvalue weighted by Crippen LogP contribution is -2.15. The van der Waals surface area contributed by atoms with Gasteiger partial charge in [-0.3, -0.25) is 0 Å². The van der Waals surface area contributed by atoms with Crippen molar-refractivity contribution in [2.45, 2.75) is 19.3 Å². The van der Waals surface area contributed by atoms with Crippen LogP contribution in [0.25, 0.3) is 76.9 Å². The van der Waals surface area contributed by atoms with Gasteiger partial charge in [-0.25, -0.2) is 0 Å². The van der Waals surface area contributed by atoms with Crippen LogP contribution in [0.5, 0.6) is 0 Å². The third-order valence-corrected chi connectivity index (χ3v) is 10.3. The van der Waals surface area contributed by atoms with Gasteiger partial charge >= 0.3 is 0 Å². The third-order valence-electron chi connectivity index (χ3n) is 10.3. The second-order valence-corrected chi connectivity index (χ2v) is 13.0. The summed E-state index contributed by atoms with van der Waals surface area (Å²) >= 11 is 0. The fraction of sp³-hybridized carbons (Fsp3) is 0.0698. The van der Waals surface area contributed by atoms with E-state index < -0.39 is 0 Å². The molecule has 7 aromatic carbocycles. The van der Waals surface area contributed by atoms with Crippen molar-refractivity contribution in [2.75, 3.05) is 0 Å². The normalized spacial score (nSPS) is 13.7. The first-order valence-corrected chi connectivity index (χ1v) is 15.8. The van der Waals surface area contributed by atoms with Gasteiger partial charge in [0.25, 0.3) is 0 Å². The van der Waals surface area contributed by atoms with E-state index in [2.05, 4.69) is 169 Å². The SMILES string of the molecule is CC1(C)c2ccccc2-c2ccc3ccc4c5ccc(-n6c7ccccc7c7ccccc76)cc5n(-c5ccccc5)c4c3c21. The molecule has 0 atom stereocenters. The smallest absolute Gasteiger partial charge is 0.0622 e. The summed E-state index contributed by atoms with van der Waals surface area (Å²) in [5, 5.41) is 7.75. The number of rotatable bonds is 2. The second kappa shape index (κ2) is 8.74. The molecule has 10 rings (SSSR count). The summed E-state index contributed by atoms with van der Waals surface area (Å²) in [5.74, 6) is 0. The Morgan fingerprint density at radius 2 is 1.07 bits per heavy atom. The maximum atomic E-state index is 2.52. The Labute approximate surface area is 261 Å². The molecule has 1 aliphatic carbocycles. The monoisotopic (exact) mass is 574 g/mol. The van der Waals surface area contributed by atoms with Gasteiger partial charge < -0.3 is 9.13 Å². The highest BCUT2D eigenvalue weighted by Crippen LogP contribution is 2.53. The molecule has 212 valence electrons. The zero-order chi connectivity index (χ0) is 29.9. The van der Waals surface area contributed by atoms with E-state index in [9.17, 15) is 0 Å². The van der Waals surface area contributed by atoms with Gasteiger partial charge in [0, 0.05) is 43.7 Å². The Bertz CT molecular complexity index is 2610. The van der Waals surface area contributed by atoms with Crippen molar-refractivity contribution in [1.29, 1.82) is 0 Å². The molecule has 9 aromatic rings. The van der Waals surface area contributed by atoms with Gasteiger partial charge in [0.15, 0.2) is 0 Å². The number of hydrogen-bond acceptors (Lipinski definition) is 0. The highest BCUT2D eigenvalue weighted by Gasteiger charge is 2.37. The van der Waals surface area contributed by atoms with E-state index in [0.717, 1.165) is 0 Å². The number of para-hydroxylation sites is 3. The third kappa shape index (κ3) is 3.18. The van der Waals surface area contributed by atoms with Crippen molar-refractivity contribution in [3.05, 3.63) is 157 Å². The summed E-state index contributed by atoms with van der Waals surface area (Å²) < 4.78 is 4.94. The van der Waals surface area contributed by atoms with Crippen LogP contribution >= 0.6 is 0 Å². The van der Waals surface area contributed by atoms with E-state index in [1.165, 1.54) is 88.0 Å². The van der Waals surface area contributed by atoms with E-state index in [0.29, 0.717) is 0 Å². The molecule has 2 heteroatoms. The molecule has 0 unspecified atom stereocenters. The number of aromatic nitrogens is 2. The first kappa shape index (κ1) is 24.8. The molecule has 2 heterocycles. The first-order valence-electron chi connectivity index (χ1n) is 15.8. The van der Waals surface area contributed by atoms with Crippen molar-refractivity contribution in [2.24, 2.45) is 0 Å². The average Bonchev–Trinajstić information content (AvgIpc) is 3.68. The summed E-state index contributed by atoms with van der Waals surface area (Å²) in [6.45, 7) is 4.79. The van der Waals surface area contributed by atoms with E-state index in [4.69, 9.17) is 0 Å². The molecular weight excluding hydrogens is 544 g/mol. The van der Waals surface area contributed by atoms with Gasteiger partial charge in [-0.15, -0.1) is 0 Å². The van der Waals surface area contributed by atoms with Crippen LogP contribution in [-0.2, 0) is 5.41 Å². The average molecular weight is 575 g/mol. The molecule has 2 aromatic heterocycles. The summed E-state index contributed by atoms with van der Waals surface area (Å²) in [5.41, 5.74) is 12.7. The highest BCUT2D eigenvalue weighted by atomic mass is 15.0. The minimum Gasteiger partial charge on any atom is -0.309 e. The number of nitrogens with zero attached hydrogens (tertiary/aromatic N) is 2. The molecule has 0 fully saturated rings. The van der Waals surface area contributed by atoms with Crippen molar-refractivity contribution in [3.8, 4) is 22.5 Å². The fourth-order valence-electron chi connectivity index (χ4n) is 8.36. The van der Waals surface area contributed by atoms with Crippen LogP contribution in [0.2, 0.25) is 0 Å². The van der Waals surface area contributed by atoms with Crippen LogP contribution in [0.1, 0.15) is 25.0 Å². The van der Waals surface area contributed by atoms with Crippen molar-refractivity contribution in [3.63, 3.8) is 0 Å². The molecule has 45 heavy (non-hydrogen) atoms. The number of fused-ring (bicyclic) bond motifs is 12. The van der Waals surface area contributed by atoms with Crippen LogP contribution in [0, 0.1) is 0 Å². The van der Waals surface area contributed by atoms with Gasteiger partial charge in [0.1, 0.15) is 0 Å². The standard InChI is InChI=1S/C43H30N2/c1-43(2)36-17-9-6-14-30(36)34-23-20-27-21-24-35-33-25-22-29(44-37-18-10-7-15-31(37)32-16-8-11-19-38(32)44)26-39(33)45(28-12-4-3-5-13-28)42(35)40(27)41(34)43/h3-26H,1-2H3. The second-order valence-electron chi connectivity index (χ2n) is 13.0. The lowest BCUT2D eigenvalue weighted by molar-refractivity contribution is 0.666. The highest BCUT2D eigenvalue weighted by molar-refractivity contribution is 6.21. The maximum absolute atomic E-state index is 2.52. The van der Waals surface area contributed by atoms with Crippen molar-refractivity contribution >= 4 is 54.4 Å². The van der Waals surface area contributed by atoms with E-state index in [1.54, 1.807) is 0 Å². The van der Waals surface area contributed by atoms with Gasteiger partial charge in [-0.05, 0) is 64.0 Å². The van der Waals surface area contributed by atoms with Gasteiger partial charge in [0.05, 0.1) is 22.1 Å². The Hall–Kier alpha value is -5.60. The predicted octanol–water partition coefficient (Wildman–Crippen LogP) is 11.3. The van der Waals surface area contributed by atoms with Gasteiger partial charge in [-0.1, -0.05) is 123 Å². The summed E-state index contributed by atoms with van der Waals surface area (Å²) in [6, 6.07) is 53.7. The minimum atomic E-state index is -0.119. The van der Waals surface area contributed by atoms with Crippen LogP contribution in [0.15, 0.2) is 146 Å². The van der Waals surface area contributed by atoms with Crippen LogP contribution < -0.4 is 0 Å². The lowest BCUT2D eigenvalue weighted by Gasteiger charge is -2.24. The van der Waals surface area contributed by atoms with Crippen molar-refractivity contribution < 1.29 is 0 Å². The quantitative estimate of drug-likeness (QED) is 0.194. The summed E-state index contributed by atoms with van der Waals surface area (Å²) in [6.07, 6.45) is 0. The number of hydrogen-bond donors (Lipinski definition) is 0. The molecular formula is C43H30N2. The molecule has 2 nitrogen and oxygen atoms in total. The first-order chi connectivity index (χ1) is 22.1. The molecule has 0 radical (unpaired) electrons. The van der Waals surface area contributed by atoms with E-state index in [1.807, 2.05) is 0 Å². The van der Waals surface area contributed by atoms with Crippen LogP contribution in [0.3, 0.4) is 0 Å². The Balaban J connectivity index is 1.38. The molecule has 0 saturated heterocycles. The summed E-state index contributed by atoms with van der Waals surface area (Å²) in [7, 11) is 0. The molecule has 0 N–H and O–H groups in total. The maximum Gasteiger partial charge on any atom is 0.0622 e. The van der Waals surface area contributed by atoms with E-state index >= 15 is 0 Å². The van der Waals surface area contributed by atoms with Crippen LogP contribution in [-0.4, -0.2) is 9.13 Å². The fourth-order valence-corrected chi connectivity index (χ4v) is 8.36. The lowest BCUT2D eigenvalue weighted by atomic mass is 9.80. The molecule has 0 amide bonds. The zero-order valence-electron chi connectivity index (χ0n) is 25.3. The Kier molecular flexibility index (Phi) is 4.82. The summed E-state index contributed by atoms with van der Waals surface area (Å²) in [4.78, 5) is 0. The minimum absolute atomic E-state index is 0.119. The van der Waals surface area contributed by atoms with Gasteiger partial charge in [-0.2, -0.15) is 0 Å². The van der Waals surface area contributed by atoms with Crippen LogP contribution in [0.4, 0.5) is 0 Å². The molecule has 0 aliphatic heterocycles. The Morgan fingerprint density at radius 1 is 0.444 bits per heavy atom. The zero-order valence-corrected chi connectivity index (χ0v) is 25.3. The molecule has 0 saturated carbocycles. The number of benzene rings is 7. The van der Waals surface area contributed by atoms with Gasteiger partial charge in [0.2, 0.25) is 0 Å². The molecule has 1 aliphatic rings. The molecule has 0 spiro atoms.